The number of rotatable bonds is 3. The molecule has 4 aromatic rings. The van der Waals surface area contributed by atoms with E-state index in [4.69, 9.17) is 0 Å². The van der Waals surface area contributed by atoms with E-state index in [-0.39, 0.29) is 17.5 Å². The van der Waals surface area contributed by atoms with Crippen molar-refractivity contribution in [2.24, 2.45) is 0 Å². The Morgan fingerprint density at radius 1 is 1.21 bits per heavy atom. The zero-order valence-electron chi connectivity index (χ0n) is 15.6. The number of likely N-dealkylation sites (tertiary alicyclic amines) is 1. The summed E-state index contributed by atoms with van der Waals surface area (Å²) in [6.07, 6.45) is 3.27. The lowest BCUT2D eigenvalue weighted by Gasteiger charge is -2.33. The van der Waals surface area contributed by atoms with Crippen LogP contribution in [0.4, 0.5) is 0 Å². The van der Waals surface area contributed by atoms with Crippen molar-refractivity contribution in [3.8, 4) is 10.6 Å². The fraction of sp³-hybridized carbons (Fsp3) is 0.238. The highest BCUT2D eigenvalue weighted by atomic mass is 32.1. The number of aromatic nitrogens is 4. The maximum Gasteiger partial charge on any atom is 0.274 e. The lowest BCUT2D eigenvalue weighted by atomic mass is 10.0. The molecule has 0 aliphatic carbocycles. The molecule has 0 bridgehead atoms. The molecule has 8 heteroatoms. The van der Waals surface area contributed by atoms with Gasteiger partial charge in [0.25, 0.3) is 11.5 Å². The fourth-order valence-electron chi connectivity index (χ4n) is 3.86. The van der Waals surface area contributed by atoms with E-state index < -0.39 is 0 Å². The van der Waals surface area contributed by atoms with Gasteiger partial charge in [-0.15, -0.1) is 11.3 Å². The van der Waals surface area contributed by atoms with E-state index in [1.807, 2.05) is 35.7 Å². The molecule has 1 atom stereocenters. The summed E-state index contributed by atoms with van der Waals surface area (Å²) in [5, 5.41) is 9.75. The molecule has 146 valence electrons. The van der Waals surface area contributed by atoms with Crippen LogP contribution in [-0.2, 0) is 0 Å². The number of piperidine rings is 1. The molecule has 1 fully saturated rings. The Morgan fingerprint density at radius 2 is 2.10 bits per heavy atom. The van der Waals surface area contributed by atoms with Crippen molar-refractivity contribution in [2.75, 3.05) is 13.1 Å². The minimum absolute atomic E-state index is 0.0605. The number of H-pyrrole nitrogens is 1. The Bertz CT molecular complexity index is 1230. The summed E-state index contributed by atoms with van der Waals surface area (Å²) in [6, 6.07) is 13.0. The minimum Gasteiger partial charge on any atom is -0.335 e. The first-order chi connectivity index (χ1) is 14.2. The van der Waals surface area contributed by atoms with Crippen LogP contribution in [0, 0.1) is 0 Å². The van der Waals surface area contributed by atoms with E-state index in [9.17, 15) is 9.59 Å². The van der Waals surface area contributed by atoms with Crippen molar-refractivity contribution in [3.05, 3.63) is 70.2 Å². The van der Waals surface area contributed by atoms with Gasteiger partial charge in [0.15, 0.2) is 5.69 Å². The van der Waals surface area contributed by atoms with Gasteiger partial charge in [-0.25, -0.2) is 4.98 Å². The van der Waals surface area contributed by atoms with Gasteiger partial charge in [0.05, 0.1) is 33.8 Å². The predicted molar refractivity (Wildman–Crippen MR) is 112 cm³/mol. The molecular weight excluding hydrogens is 386 g/mol. The van der Waals surface area contributed by atoms with Crippen LogP contribution in [0.15, 0.2) is 59.0 Å². The quantitative estimate of drug-likeness (QED) is 0.567. The molecule has 29 heavy (non-hydrogen) atoms. The first-order valence-corrected chi connectivity index (χ1v) is 10.4. The van der Waals surface area contributed by atoms with Gasteiger partial charge >= 0.3 is 0 Å². The number of hydrogen-bond acceptors (Lipinski definition) is 5. The van der Waals surface area contributed by atoms with Crippen molar-refractivity contribution in [1.29, 1.82) is 0 Å². The van der Waals surface area contributed by atoms with Crippen LogP contribution in [0.2, 0.25) is 0 Å². The second kappa shape index (κ2) is 7.29. The van der Waals surface area contributed by atoms with Crippen molar-refractivity contribution in [1.82, 2.24) is 24.6 Å². The average Bonchev–Trinajstić information content (AvgIpc) is 3.46. The van der Waals surface area contributed by atoms with E-state index in [1.165, 1.54) is 0 Å². The van der Waals surface area contributed by atoms with Gasteiger partial charge in [0.1, 0.15) is 0 Å². The van der Waals surface area contributed by atoms with Crippen molar-refractivity contribution in [3.63, 3.8) is 0 Å². The topological polar surface area (TPSA) is 83.9 Å². The van der Waals surface area contributed by atoms with Crippen LogP contribution >= 0.6 is 11.3 Å². The number of nitrogens with zero attached hydrogens (tertiary/aromatic N) is 4. The highest BCUT2D eigenvalue weighted by molar-refractivity contribution is 7.13. The van der Waals surface area contributed by atoms with E-state index in [2.05, 4.69) is 15.2 Å². The maximum absolute atomic E-state index is 13.0. The molecule has 5 rings (SSSR count). The van der Waals surface area contributed by atoms with Crippen LogP contribution in [-0.4, -0.2) is 43.6 Å². The molecule has 1 aliphatic heterocycles. The highest BCUT2D eigenvalue weighted by Crippen LogP contribution is 2.25. The number of nitrogens with one attached hydrogen (secondary N) is 1. The number of carbonyl (C=O) groups is 1. The molecule has 1 amide bonds. The number of amides is 1. The lowest BCUT2D eigenvalue weighted by Crippen LogP contribution is -2.43. The number of hydrogen-bond donors (Lipinski definition) is 1. The molecule has 1 aromatic carbocycles. The third-order valence-electron chi connectivity index (χ3n) is 5.35. The van der Waals surface area contributed by atoms with Crippen LogP contribution in [0.1, 0.15) is 29.4 Å². The van der Waals surface area contributed by atoms with Crippen LogP contribution in [0.5, 0.6) is 0 Å². The Labute approximate surface area is 170 Å². The van der Waals surface area contributed by atoms with E-state index >= 15 is 0 Å². The van der Waals surface area contributed by atoms with Crippen LogP contribution in [0.25, 0.3) is 21.5 Å². The molecule has 0 spiro atoms. The Morgan fingerprint density at radius 3 is 2.97 bits per heavy atom. The van der Waals surface area contributed by atoms with E-state index in [1.54, 1.807) is 39.3 Å². The molecule has 1 aliphatic rings. The number of aromatic amines is 1. The normalized spacial score (nSPS) is 17.0. The number of fused-ring (bicyclic) bond motifs is 1. The first-order valence-electron chi connectivity index (χ1n) is 9.55. The maximum atomic E-state index is 13.0. The third kappa shape index (κ3) is 3.25. The molecule has 4 heterocycles. The Balaban J connectivity index is 1.39. The summed E-state index contributed by atoms with van der Waals surface area (Å²) >= 11 is 1.60. The zero-order valence-corrected chi connectivity index (χ0v) is 16.4. The number of para-hydroxylation sites is 1. The third-order valence-corrected chi connectivity index (χ3v) is 6.25. The molecular formula is C21H19N5O2S. The lowest BCUT2D eigenvalue weighted by molar-refractivity contribution is 0.0671. The van der Waals surface area contributed by atoms with E-state index in [0.717, 1.165) is 23.4 Å². The SMILES string of the molecule is O=C(c1cc(-c2cccs2)[nH]n1)N1CCC[C@@H](n2cnc3ccccc3c2=O)C1. The number of carbonyl (C=O) groups excluding carboxylic acids is 1. The molecule has 0 radical (unpaired) electrons. The van der Waals surface area contributed by atoms with Gasteiger partial charge in [-0.05, 0) is 42.5 Å². The molecule has 1 saturated heterocycles. The first kappa shape index (κ1) is 17.8. The smallest absolute Gasteiger partial charge is 0.274 e. The molecule has 1 N–H and O–H groups in total. The monoisotopic (exact) mass is 405 g/mol. The predicted octanol–water partition coefficient (Wildman–Crippen LogP) is 3.33. The van der Waals surface area contributed by atoms with Gasteiger partial charge < -0.3 is 4.90 Å². The highest BCUT2D eigenvalue weighted by Gasteiger charge is 2.28. The van der Waals surface area contributed by atoms with Gasteiger partial charge in [-0.1, -0.05) is 18.2 Å². The Hall–Kier alpha value is -3.26. The summed E-state index contributed by atoms with van der Waals surface area (Å²) in [7, 11) is 0. The molecule has 3 aromatic heterocycles. The number of benzene rings is 1. The van der Waals surface area contributed by atoms with Gasteiger partial charge in [-0.2, -0.15) is 5.10 Å². The second-order valence-corrected chi connectivity index (χ2v) is 8.11. The fourth-order valence-corrected chi connectivity index (χ4v) is 4.55. The second-order valence-electron chi connectivity index (χ2n) is 7.17. The summed E-state index contributed by atoms with van der Waals surface area (Å²) < 4.78 is 1.67. The van der Waals surface area contributed by atoms with Crippen molar-refractivity contribution < 1.29 is 4.79 Å². The van der Waals surface area contributed by atoms with Gasteiger partial charge in [0, 0.05) is 13.1 Å². The zero-order chi connectivity index (χ0) is 19.8. The summed E-state index contributed by atoms with van der Waals surface area (Å²) in [6.45, 7) is 1.13. The average molecular weight is 405 g/mol. The summed E-state index contributed by atoms with van der Waals surface area (Å²) in [5.41, 5.74) is 1.87. The van der Waals surface area contributed by atoms with Gasteiger partial charge in [0.2, 0.25) is 0 Å². The van der Waals surface area contributed by atoms with Gasteiger partial charge in [-0.3, -0.25) is 19.3 Å². The largest absolute Gasteiger partial charge is 0.335 e. The molecule has 7 nitrogen and oxygen atoms in total. The van der Waals surface area contributed by atoms with Crippen molar-refractivity contribution >= 4 is 28.1 Å². The van der Waals surface area contributed by atoms with Crippen LogP contribution in [0.3, 0.4) is 0 Å². The molecule has 0 saturated carbocycles. The van der Waals surface area contributed by atoms with Crippen LogP contribution < -0.4 is 5.56 Å². The van der Waals surface area contributed by atoms with E-state index in [0.29, 0.717) is 29.7 Å². The molecule has 0 unspecified atom stereocenters. The number of thiophene rings is 1. The standard InChI is InChI=1S/C21H19N5O2S/c27-20-15-6-1-2-7-16(15)22-13-26(20)14-5-3-9-25(12-14)21(28)18-11-17(23-24-18)19-8-4-10-29-19/h1-2,4,6-8,10-11,13-14H,3,5,9,12H2,(H,23,24)/t14-/m1/s1. The summed E-state index contributed by atoms with van der Waals surface area (Å²) in [5.74, 6) is -0.115. The summed E-state index contributed by atoms with van der Waals surface area (Å²) in [4.78, 5) is 33.2. The minimum atomic E-state index is -0.115. The van der Waals surface area contributed by atoms with Crippen molar-refractivity contribution in [2.45, 2.75) is 18.9 Å². The Kier molecular flexibility index (Phi) is 4.48.